The molecular weight excluding hydrogens is 401 g/mol. The van der Waals surface area contributed by atoms with Crippen molar-refractivity contribution >= 4 is 16.8 Å². The summed E-state index contributed by atoms with van der Waals surface area (Å²) >= 11 is 0. The fourth-order valence-corrected chi connectivity index (χ4v) is 4.39. The SMILES string of the molecule is O=C(NCc1ccccc1F)c1c2c(nc3ccccc13)CCN(Cc1ccccc1)C2. The Morgan fingerprint density at radius 2 is 1.72 bits per heavy atom. The Hall–Kier alpha value is -3.57. The molecule has 0 saturated carbocycles. The Morgan fingerprint density at radius 3 is 2.56 bits per heavy atom. The molecule has 2 heterocycles. The third-order valence-corrected chi connectivity index (χ3v) is 6.00. The predicted octanol–water partition coefficient (Wildman–Crippen LogP) is 4.86. The first-order chi connectivity index (χ1) is 15.7. The van der Waals surface area contributed by atoms with Crippen molar-refractivity contribution in [2.24, 2.45) is 0 Å². The molecule has 0 saturated heterocycles. The highest BCUT2D eigenvalue weighted by Crippen LogP contribution is 2.29. The third-order valence-electron chi connectivity index (χ3n) is 6.00. The highest BCUT2D eigenvalue weighted by molar-refractivity contribution is 6.07. The number of amides is 1. The number of halogens is 1. The van der Waals surface area contributed by atoms with Crippen LogP contribution in [0.3, 0.4) is 0 Å². The molecule has 1 aromatic heterocycles. The lowest BCUT2D eigenvalue weighted by Gasteiger charge is -2.30. The molecule has 0 bridgehead atoms. The number of hydrogen-bond acceptors (Lipinski definition) is 3. The number of nitrogens with zero attached hydrogens (tertiary/aromatic N) is 2. The molecule has 1 aliphatic rings. The van der Waals surface area contributed by atoms with Gasteiger partial charge in [0.25, 0.3) is 5.91 Å². The van der Waals surface area contributed by atoms with E-state index in [1.807, 2.05) is 42.5 Å². The van der Waals surface area contributed by atoms with E-state index in [1.165, 1.54) is 11.6 Å². The van der Waals surface area contributed by atoms with Crippen molar-refractivity contribution in [1.29, 1.82) is 0 Å². The Labute approximate surface area is 186 Å². The van der Waals surface area contributed by atoms with E-state index in [-0.39, 0.29) is 18.3 Å². The van der Waals surface area contributed by atoms with Gasteiger partial charge in [0, 0.05) is 54.8 Å². The van der Waals surface area contributed by atoms with Crippen molar-refractivity contribution in [3.63, 3.8) is 0 Å². The highest BCUT2D eigenvalue weighted by Gasteiger charge is 2.26. The lowest BCUT2D eigenvalue weighted by atomic mass is 9.95. The predicted molar refractivity (Wildman–Crippen MR) is 124 cm³/mol. The van der Waals surface area contributed by atoms with Gasteiger partial charge < -0.3 is 5.32 Å². The van der Waals surface area contributed by atoms with E-state index in [4.69, 9.17) is 4.98 Å². The molecule has 4 aromatic rings. The molecule has 32 heavy (non-hydrogen) atoms. The molecule has 4 nitrogen and oxygen atoms in total. The summed E-state index contributed by atoms with van der Waals surface area (Å²) in [5.74, 6) is -0.506. The molecular formula is C27H24FN3O. The summed E-state index contributed by atoms with van der Waals surface area (Å²) in [5, 5.41) is 3.77. The maximum atomic E-state index is 14.1. The van der Waals surface area contributed by atoms with Crippen LogP contribution in [0.25, 0.3) is 10.9 Å². The number of hydrogen-bond donors (Lipinski definition) is 1. The Morgan fingerprint density at radius 1 is 0.969 bits per heavy atom. The first-order valence-electron chi connectivity index (χ1n) is 10.9. The normalized spacial score (nSPS) is 13.7. The maximum Gasteiger partial charge on any atom is 0.252 e. The van der Waals surface area contributed by atoms with E-state index in [2.05, 4.69) is 22.3 Å². The summed E-state index contributed by atoms with van der Waals surface area (Å²) in [4.78, 5) is 20.6. The third kappa shape index (κ3) is 4.12. The van der Waals surface area contributed by atoms with Gasteiger partial charge in [-0.25, -0.2) is 4.39 Å². The topological polar surface area (TPSA) is 45.2 Å². The monoisotopic (exact) mass is 425 g/mol. The molecule has 1 amide bonds. The quantitative estimate of drug-likeness (QED) is 0.497. The average molecular weight is 426 g/mol. The molecule has 0 spiro atoms. The zero-order chi connectivity index (χ0) is 21.9. The Bertz CT molecular complexity index is 1270. The van der Waals surface area contributed by atoms with Crippen LogP contribution in [-0.4, -0.2) is 22.3 Å². The standard InChI is InChI=1S/C27H24FN3O/c28-23-12-6-4-10-20(23)16-29-27(32)26-21-11-5-7-13-24(21)30-25-14-15-31(18-22(25)26)17-19-8-2-1-3-9-19/h1-13H,14-18H2,(H,29,32). The minimum atomic E-state index is -0.316. The molecule has 0 fully saturated rings. The Balaban J connectivity index is 1.48. The fraction of sp³-hybridized carbons (Fsp3) is 0.185. The van der Waals surface area contributed by atoms with Crippen LogP contribution in [0.2, 0.25) is 0 Å². The number of fused-ring (bicyclic) bond motifs is 2. The molecule has 0 radical (unpaired) electrons. The molecule has 1 aliphatic heterocycles. The first kappa shape index (κ1) is 20.3. The highest BCUT2D eigenvalue weighted by atomic mass is 19.1. The van der Waals surface area contributed by atoms with Gasteiger partial charge in [0.1, 0.15) is 5.82 Å². The summed E-state index contributed by atoms with van der Waals surface area (Å²) in [6.07, 6.45) is 0.792. The van der Waals surface area contributed by atoms with Crippen molar-refractivity contribution < 1.29 is 9.18 Å². The summed E-state index contributed by atoms with van der Waals surface area (Å²) in [5.41, 5.74) is 5.13. The van der Waals surface area contributed by atoms with E-state index in [9.17, 15) is 9.18 Å². The lowest BCUT2D eigenvalue weighted by Crippen LogP contribution is -2.34. The second-order valence-electron chi connectivity index (χ2n) is 8.15. The van der Waals surface area contributed by atoms with Crippen molar-refractivity contribution in [3.8, 4) is 0 Å². The largest absolute Gasteiger partial charge is 0.348 e. The number of benzene rings is 3. The van der Waals surface area contributed by atoms with Gasteiger partial charge in [0.2, 0.25) is 0 Å². The first-order valence-corrected chi connectivity index (χ1v) is 10.9. The number of aromatic nitrogens is 1. The van der Waals surface area contributed by atoms with Crippen molar-refractivity contribution in [3.05, 3.63) is 113 Å². The molecule has 3 aromatic carbocycles. The van der Waals surface area contributed by atoms with E-state index < -0.39 is 0 Å². The average Bonchev–Trinajstić information content (AvgIpc) is 2.82. The van der Waals surface area contributed by atoms with Gasteiger partial charge >= 0.3 is 0 Å². The van der Waals surface area contributed by atoms with Gasteiger partial charge in [0.15, 0.2) is 0 Å². The van der Waals surface area contributed by atoms with E-state index in [1.54, 1.807) is 18.2 Å². The zero-order valence-electron chi connectivity index (χ0n) is 17.7. The van der Waals surface area contributed by atoms with Crippen LogP contribution < -0.4 is 5.32 Å². The van der Waals surface area contributed by atoms with E-state index >= 15 is 0 Å². The molecule has 5 rings (SSSR count). The van der Waals surface area contributed by atoms with Crippen molar-refractivity contribution in [2.75, 3.05) is 6.54 Å². The number of rotatable bonds is 5. The van der Waals surface area contributed by atoms with Crippen LogP contribution in [-0.2, 0) is 26.1 Å². The number of carbonyl (C=O) groups excluding carboxylic acids is 1. The number of para-hydroxylation sites is 1. The molecule has 160 valence electrons. The number of nitrogens with one attached hydrogen (secondary N) is 1. The summed E-state index contributed by atoms with van der Waals surface area (Å²) < 4.78 is 14.1. The van der Waals surface area contributed by atoms with Crippen LogP contribution in [0.1, 0.15) is 32.7 Å². The molecule has 0 atom stereocenters. The molecule has 0 aliphatic carbocycles. The fourth-order valence-electron chi connectivity index (χ4n) is 4.39. The zero-order valence-corrected chi connectivity index (χ0v) is 17.7. The van der Waals surface area contributed by atoms with Crippen LogP contribution in [0.15, 0.2) is 78.9 Å². The van der Waals surface area contributed by atoms with Gasteiger partial charge in [-0.2, -0.15) is 0 Å². The van der Waals surface area contributed by atoms with E-state index in [0.717, 1.165) is 41.7 Å². The van der Waals surface area contributed by atoms with Crippen LogP contribution >= 0.6 is 0 Å². The van der Waals surface area contributed by atoms with Crippen LogP contribution in [0.5, 0.6) is 0 Å². The van der Waals surface area contributed by atoms with Gasteiger partial charge in [-0.3, -0.25) is 14.7 Å². The number of pyridine rings is 1. The second kappa shape index (κ2) is 8.89. The second-order valence-corrected chi connectivity index (χ2v) is 8.15. The van der Waals surface area contributed by atoms with Crippen molar-refractivity contribution in [2.45, 2.75) is 26.1 Å². The lowest BCUT2D eigenvalue weighted by molar-refractivity contribution is 0.0949. The Kier molecular flexibility index (Phi) is 5.65. The molecule has 1 N–H and O–H groups in total. The summed E-state index contributed by atoms with van der Waals surface area (Å²) in [6, 6.07) is 24.6. The molecule has 5 heteroatoms. The van der Waals surface area contributed by atoms with Gasteiger partial charge in [-0.15, -0.1) is 0 Å². The minimum absolute atomic E-state index is 0.144. The number of carbonyl (C=O) groups is 1. The van der Waals surface area contributed by atoms with Crippen LogP contribution in [0, 0.1) is 5.82 Å². The smallest absolute Gasteiger partial charge is 0.252 e. The van der Waals surface area contributed by atoms with Gasteiger partial charge in [-0.05, 0) is 17.7 Å². The van der Waals surface area contributed by atoms with E-state index in [0.29, 0.717) is 17.7 Å². The maximum absolute atomic E-state index is 14.1. The minimum Gasteiger partial charge on any atom is -0.348 e. The van der Waals surface area contributed by atoms with Crippen LogP contribution in [0.4, 0.5) is 4.39 Å². The summed E-state index contributed by atoms with van der Waals surface area (Å²) in [6.45, 7) is 2.52. The molecule has 0 unspecified atom stereocenters. The summed E-state index contributed by atoms with van der Waals surface area (Å²) in [7, 11) is 0. The van der Waals surface area contributed by atoms with Gasteiger partial charge in [0.05, 0.1) is 11.1 Å². The van der Waals surface area contributed by atoms with Crippen molar-refractivity contribution in [1.82, 2.24) is 15.2 Å². The van der Waals surface area contributed by atoms with Gasteiger partial charge in [-0.1, -0.05) is 66.7 Å².